The molecule has 0 aromatic heterocycles. The van der Waals surface area contributed by atoms with Crippen molar-refractivity contribution in [1.82, 2.24) is 0 Å². The van der Waals surface area contributed by atoms with Gasteiger partial charge in [-0.25, -0.2) is 0 Å². The third kappa shape index (κ3) is 9.03. The fourth-order valence-corrected chi connectivity index (χ4v) is 5.51. The maximum atomic E-state index is 13.7. The minimum Gasteiger partial charge on any atom is -0.491 e. The zero-order valence-corrected chi connectivity index (χ0v) is 23.0. The van der Waals surface area contributed by atoms with Gasteiger partial charge in [-0.1, -0.05) is 40.7 Å². The molecule has 1 aliphatic carbocycles. The second-order valence-electron chi connectivity index (χ2n) is 10.8. The smallest absolute Gasteiger partial charge is 0.201 e. The maximum absolute atomic E-state index is 13.7. The number of aliphatic hydroxyl groups is 1. The van der Waals surface area contributed by atoms with E-state index in [0.29, 0.717) is 36.1 Å². The van der Waals surface area contributed by atoms with Crippen LogP contribution in [0.3, 0.4) is 0 Å². The molecule has 6 nitrogen and oxygen atoms in total. The van der Waals surface area contributed by atoms with Crippen molar-refractivity contribution in [3.05, 3.63) is 42.0 Å². The van der Waals surface area contributed by atoms with E-state index in [4.69, 9.17) is 9.84 Å². The van der Waals surface area contributed by atoms with Crippen molar-refractivity contribution in [3.63, 3.8) is 0 Å². The van der Waals surface area contributed by atoms with Crippen LogP contribution in [0.25, 0.3) is 0 Å². The molecule has 0 aliphatic heterocycles. The Balaban J connectivity index is 2.32. The van der Waals surface area contributed by atoms with Crippen LogP contribution in [0.5, 0.6) is 5.75 Å². The number of ketones is 4. The molecule has 1 aliphatic rings. The van der Waals surface area contributed by atoms with Crippen LogP contribution in [-0.2, 0) is 14.4 Å². The Bertz CT molecular complexity index is 947. The van der Waals surface area contributed by atoms with Crippen molar-refractivity contribution in [2.45, 2.75) is 79.1 Å². The Morgan fingerprint density at radius 1 is 0.946 bits per heavy atom. The van der Waals surface area contributed by atoms with E-state index in [1.807, 2.05) is 13.8 Å². The molecule has 0 radical (unpaired) electrons. The summed E-state index contributed by atoms with van der Waals surface area (Å²) in [7, 11) is 0. The van der Waals surface area contributed by atoms with Crippen LogP contribution in [0.4, 0.5) is 0 Å². The molecule has 5 atom stereocenters. The maximum Gasteiger partial charge on any atom is 0.201 e. The second-order valence-corrected chi connectivity index (χ2v) is 10.8. The number of hydrogen-bond acceptors (Lipinski definition) is 6. The molecule has 1 saturated carbocycles. The molecule has 37 heavy (non-hydrogen) atoms. The zero-order valence-electron chi connectivity index (χ0n) is 23.0. The monoisotopic (exact) mass is 512 g/mol. The summed E-state index contributed by atoms with van der Waals surface area (Å²) in [4.78, 5) is 52.7. The number of carbonyl (C=O) groups excluding carboxylic acids is 4. The van der Waals surface area contributed by atoms with Crippen LogP contribution < -0.4 is 4.74 Å². The molecular weight excluding hydrogens is 468 g/mol. The van der Waals surface area contributed by atoms with Gasteiger partial charge in [0.1, 0.15) is 12.4 Å². The number of carbonyl (C=O) groups is 4. The number of hydrogen-bond donors (Lipinski definition) is 1. The molecule has 1 aromatic rings. The summed E-state index contributed by atoms with van der Waals surface area (Å²) in [5, 5.41) is 8.92. The van der Waals surface area contributed by atoms with Gasteiger partial charge in [-0.3, -0.25) is 19.2 Å². The van der Waals surface area contributed by atoms with Gasteiger partial charge in [0.25, 0.3) is 0 Å². The molecule has 0 bridgehead atoms. The summed E-state index contributed by atoms with van der Waals surface area (Å²) in [6.07, 6.45) is 4.19. The lowest BCUT2D eigenvalue weighted by Crippen LogP contribution is -2.27. The van der Waals surface area contributed by atoms with Crippen molar-refractivity contribution in [2.75, 3.05) is 13.2 Å². The van der Waals surface area contributed by atoms with Gasteiger partial charge in [-0.05, 0) is 79.7 Å². The van der Waals surface area contributed by atoms with E-state index >= 15 is 0 Å². The van der Waals surface area contributed by atoms with Crippen molar-refractivity contribution >= 4 is 23.1 Å². The number of rotatable bonds is 9. The van der Waals surface area contributed by atoms with E-state index in [-0.39, 0.29) is 72.9 Å². The van der Waals surface area contributed by atoms with Crippen molar-refractivity contribution in [1.29, 1.82) is 0 Å². The number of aliphatic hydroxyl groups excluding tert-OH is 1. The number of Topliss-reactive ketones (excluding diaryl/α,β-unsaturated/α-hetero) is 4. The van der Waals surface area contributed by atoms with Crippen molar-refractivity contribution in [3.8, 4) is 5.75 Å². The third-order valence-corrected chi connectivity index (χ3v) is 7.52. The van der Waals surface area contributed by atoms with E-state index in [2.05, 4.69) is 20.4 Å². The molecule has 204 valence electrons. The summed E-state index contributed by atoms with van der Waals surface area (Å²) < 4.78 is 5.36. The highest BCUT2D eigenvalue weighted by Crippen LogP contribution is 2.34. The lowest BCUT2D eigenvalue weighted by atomic mass is 9.77. The first-order valence-electron chi connectivity index (χ1n) is 13.8. The Hall–Kier alpha value is -2.60. The van der Waals surface area contributed by atoms with E-state index < -0.39 is 5.92 Å². The van der Waals surface area contributed by atoms with Crippen LogP contribution in [0, 0.1) is 29.6 Å². The summed E-state index contributed by atoms with van der Waals surface area (Å²) in [6, 6.07) is 6.66. The molecule has 6 heteroatoms. The Labute approximate surface area is 221 Å². The fraction of sp³-hybridized carbons (Fsp3) is 0.613. The molecule has 1 N–H and O–H groups in total. The molecule has 0 amide bonds. The lowest BCUT2D eigenvalue weighted by Gasteiger charge is -2.26. The number of benzene rings is 1. The molecular formula is C31H44O6. The van der Waals surface area contributed by atoms with Crippen LogP contribution in [0.2, 0.25) is 0 Å². The van der Waals surface area contributed by atoms with Gasteiger partial charge in [0.05, 0.1) is 6.61 Å². The van der Waals surface area contributed by atoms with Crippen molar-refractivity contribution in [2.24, 2.45) is 29.6 Å². The highest BCUT2D eigenvalue weighted by Gasteiger charge is 2.33. The third-order valence-electron chi connectivity index (χ3n) is 7.52. The first kappa shape index (κ1) is 30.6. The highest BCUT2D eigenvalue weighted by atomic mass is 16.5. The summed E-state index contributed by atoms with van der Waals surface area (Å²) in [5.41, 5.74) is 1.04. The topological polar surface area (TPSA) is 97.7 Å². The molecule has 2 rings (SSSR count). The van der Waals surface area contributed by atoms with Crippen LogP contribution >= 0.6 is 0 Å². The van der Waals surface area contributed by atoms with Gasteiger partial charge in [0.2, 0.25) is 5.78 Å². The van der Waals surface area contributed by atoms with Gasteiger partial charge in [0, 0.05) is 30.2 Å². The van der Waals surface area contributed by atoms with Gasteiger partial charge in [-0.15, -0.1) is 0 Å². The highest BCUT2D eigenvalue weighted by molar-refractivity contribution is 6.38. The molecule has 0 saturated heterocycles. The van der Waals surface area contributed by atoms with Gasteiger partial charge in [0.15, 0.2) is 17.3 Å². The average Bonchev–Trinajstić information content (AvgIpc) is 2.88. The Morgan fingerprint density at radius 3 is 2.16 bits per heavy atom. The minimum atomic E-state index is -0.597. The van der Waals surface area contributed by atoms with Crippen LogP contribution in [0.1, 0.15) is 89.4 Å². The quantitative estimate of drug-likeness (QED) is 0.255. The standard InChI is InChI=1S/C31H44O6/c1-6-8-25-16-20(3)15-23(7-2)31(36)29(34)18-21(4)17-26(30(35)22(25)5)19-28(33)24-9-11-27(12-10-24)37-14-13-32/h9-12,20-21,23,25-26,32H,5-8,13-19H2,1-4H3. The van der Waals surface area contributed by atoms with Crippen molar-refractivity contribution < 1.29 is 29.0 Å². The Morgan fingerprint density at radius 2 is 1.57 bits per heavy atom. The van der Waals surface area contributed by atoms with E-state index in [0.717, 1.165) is 19.3 Å². The average molecular weight is 513 g/mol. The molecule has 5 unspecified atom stereocenters. The predicted molar refractivity (Wildman–Crippen MR) is 145 cm³/mol. The Kier molecular flexibility index (Phi) is 12.4. The zero-order chi connectivity index (χ0) is 27.5. The fourth-order valence-electron chi connectivity index (χ4n) is 5.51. The first-order chi connectivity index (χ1) is 17.6. The largest absolute Gasteiger partial charge is 0.491 e. The van der Waals surface area contributed by atoms with Crippen LogP contribution in [-0.4, -0.2) is 41.5 Å². The SMILES string of the molecule is C=C1C(=O)C(CC(=O)c2ccc(OCCO)cc2)CC(C)CC(=O)C(=O)C(CC)CC(C)CC1CCC. The second kappa shape index (κ2) is 15.0. The number of ether oxygens (including phenoxy) is 1. The number of allylic oxidation sites excluding steroid dienone is 1. The summed E-state index contributed by atoms with van der Waals surface area (Å²) >= 11 is 0. The minimum absolute atomic E-state index is 0.00701. The van der Waals surface area contributed by atoms with E-state index in [1.165, 1.54) is 0 Å². The molecule has 1 aromatic carbocycles. The normalized spacial score (nSPS) is 26.2. The van der Waals surface area contributed by atoms with E-state index in [1.54, 1.807) is 24.3 Å². The first-order valence-corrected chi connectivity index (χ1v) is 13.8. The summed E-state index contributed by atoms with van der Waals surface area (Å²) in [5.74, 6) is -1.30. The molecule has 0 spiro atoms. The lowest BCUT2D eigenvalue weighted by molar-refractivity contribution is -0.140. The summed E-state index contributed by atoms with van der Waals surface area (Å²) in [6.45, 7) is 12.3. The van der Waals surface area contributed by atoms with E-state index in [9.17, 15) is 19.2 Å². The molecule has 1 fully saturated rings. The predicted octanol–water partition coefficient (Wildman–Crippen LogP) is 5.80. The van der Waals surface area contributed by atoms with Gasteiger partial charge in [-0.2, -0.15) is 0 Å². The van der Waals surface area contributed by atoms with Gasteiger partial charge < -0.3 is 9.84 Å². The van der Waals surface area contributed by atoms with Crippen LogP contribution in [0.15, 0.2) is 36.4 Å². The molecule has 0 heterocycles. The van der Waals surface area contributed by atoms with Gasteiger partial charge >= 0.3 is 0 Å².